The molecule has 2 nitrogen and oxygen atoms in total. The van der Waals surface area contributed by atoms with Crippen molar-refractivity contribution < 1.29 is 4.74 Å². The third kappa shape index (κ3) is 3.74. The molecule has 2 N–H and O–H groups in total. The Morgan fingerprint density at radius 2 is 2.17 bits per heavy atom. The minimum Gasteiger partial charge on any atom is -0.378 e. The number of nitrogens with two attached hydrogens (primary N) is 1. The van der Waals surface area contributed by atoms with Gasteiger partial charge in [-0.25, -0.2) is 0 Å². The second-order valence-electron chi connectivity index (χ2n) is 4.19. The smallest absolute Gasteiger partial charge is 0.0592 e. The van der Waals surface area contributed by atoms with Crippen LogP contribution in [-0.2, 0) is 4.74 Å². The van der Waals surface area contributed by atoms with Gasteiger partial charge in [0.1, 0.15) is 0 Å². The van der Waals surface area contributed by atoms with Crippen LogP contribution < -0.4 is 5.73 Å². The molecule has 1 rings (SSSR count). The van der Waals surface area contributed by atoms with Gasteiger partial charge in [-0.1, -0.05) is 13.8 Å². The van der Waals surface area contributed by atoms with Gasteiger partial charge < -0.3 is 10.5 Å². The molecule has 1 heterocycles. The summed E-state index contributed by atoms with van der Waals surface area (Å²) in [5.41, 5.74) is 5.94. The number of hydrogen-bond donors (Lipinski definition) is 1. The van der Waals surface area contributed by atoms with E-state index in [-0.39, 0.29) is 12.4 Å². The van der Waals surface area contributed by atoms with Crippen LogP contribution in [0.25, 0.3) is 0 Å². The normalized spacial score (nSPS) is 27.8. The highest BCUT2D eigenvalue weighted by Gasteiger charge is 2.27. The maximum atomic E-state index is 5.57. The Balaban J connectivity index is 0.00000121. The highest BCUT2D eigenvalue weighted by Crippen LogP contribution is 2.32. The largest absolute Gasteiger partial charge is 0.378 e. The maximum Gasteiger partial charge on any atom is 0.0592 e. The molecular weight excluding hydrogens is 174 g/mol. The van der Waals surface area contributed by atoms with Crippen LogP contribution in [0.2, 0.25) is 0 Å². The summed E-state index contributed by atoms with van der Waals surface area (Å²) in [5, 5.41) is 0. The summed E-state index contributed by atoms with van der Waals surface area (Å²) >= 11 is 0. The average Bonchev–Trinajstić information content (AvgIpc) is 1.85. The highest BCUT2D eigenvalue weighted by molar-refractivity contribution is 5.85. The number of hydrogen-bond acceptors (Lipinski definition) is 2. The first-order chi connectivity index (χ1) is 5.14. The number of ether oxygens (including phenoxy) is 1. The fraction of sp³-hybridized carbons (Fsp3) is 1.00. The average molecular weight is 194 g/mol. The summed E-state index contributed by atoms with van der Waals surface area (Å²) in [6.45, 7) is 6.27. The molecule has 0 radical (unpaired) electrons. The lowest BCUT2D eigenvalue weighted by molar-refractivity contribution is -0.0379. The second-order valence-corrected chi connectivity index (χ2v) is 4.19. The van der Waals surface area contributed by atoms with E-state index < -0.39 is 0 Å². The predicted molar refractivity (Wildman–Crippen MR) is 53.7 cm³/mol. The Kier molecular flexibility index (Phi) is 5.14. The molecule has 12 heavy (non-hydrogen) atoms. The topological polar surface area (TPSA) is 35.2 Å². The van der Waals surface area contributed by atoms with Crippen LogP contribution in [0.1, 0.15) is 33.1 Å². The SMILES string of the molecule is CC1(C)CCOC(CCN)C1.Cl. The molecule has 1 saturated heterocycles. The third-order valence-electron chi connectivity index (χ3n) is 2.40. The van der Waals surface area contributed by atoms with E-state index in [1.54, 1.807) is 0 Å². The summed E-state index contributed by atoms with van der Waals surface area (Å²) < 4.78 is 5.57. The minimum atomic E-state index is 0. The zero-order chi connectivity index (χ0) is 8.32. The van der Waals surface area contributed by atoms with E-state index in [2.05, 4.69) is 13.8 Å². The zero-order valence-corrected chi connectivity index (χ0v) is 8.82. The third-order valence-corrected chi connectivity index (χ3v) is 2.40. The Labute approximate surface area is 81.3 Å². The van der Waals surface area contributed by atoms with E-state index >= 15 is 0 Å². The number of halogens is 1. The fourth-order valence-corrected chi connectivity index (χ4v) is 1.65. The molecule has 0 bridgehead atoms. The molecule has 0 aliphatic carbocycles. The molecule has 0 aromatic rings. The number of rotatable bonds is 2. The Bertz CT molecular complexity index is 126. The summed E-state index contributed by atoms with van der Waals surface area (Å²) in [6.07, 6.45) is 3.80. The van der Waals surface area contributed by atoms with Gasteiger partial charge >= 0.3 is 0 Å². The molecule has 0 spiro atoms. The van der Waals surface area contributed by atoms with E-state index in [1.807, 2.05) is 0 Å². The minimum absolute atomic E-state index is 0. The molecule has 1 fully saturated rings. The summed E-state index contributed by atoms with van der Waals surface area (Å²) in [4.78, 5) is 0. The highest BCUT2D eigenvalue weighted by atomic mass is 35.5. The van der Waals surface area contributed by atoms with Gasteiger partial charge in [-0.2, -0.15) is 0 Å². The van der Waals surface area contributed by atoms with E-state index in [4.69, 9.17) is 10.5 Å². The van der Waals surface area contributed by atoms with Gasteiger partial charge in [-0.3, -0.25) is 0 Å². The van der Waals surface area contributed by atoms with Crippen molar-refractivity contribution in [3.63, 3.8) is 0 Å². The lowest BCUT2D eigenvalue weighted by Crippen LogP contribution is -2.32. The van der Waals surface area contributed by atoms with Crippen molar-refractivity contribution >= 4 is 12.4 Å². The summed E-state index contributed by atoms with van der Waals surface area (Å²) in [6, 6.07) is 0. The lowest BCUT2D eigenvalue weighted by atomic mass is 9.81. The van der Waals surface area contributed by atoms with Crippen LogP contribution in [0.4, 0.5) is 0 Å². The van der Waals surface area contributed by atoms with Crippen molar-refractivity contribution in [3.05, 3.63) is 0 Å². The molecule has 1 unspecified atom stereocenters. The molecule has 74 valence electrons. The van der Waals surface area contributed by atoms with Crippen molar-refractivity contribution in [1.82, 2.24) is 0 Å². The predicted octanol–water partition coefficient (Wildman–Crippen LogP) is 1.96. The van der Waals surface area contributed by atoms with E-state index in [1.165, 1.54) is 12.8 Å². The zero-order valence-electron chi connectivity index (χ0n) is 8.01. The maximum absolute atomic E-state index is 5.57. The molecule has 1 aliphatic rings. The molecule has 1 aliphatic heterocycles. The fourth-order valence-electron chi connectivity index (χ4n) is 1.65. The molecule has 0 aromatic carbocycles. The Hall–Kier alpha value is 0.210. The van der Waals surface area contributed by atoms with Crippen LogP contribution in [0.15, 0.2) is 0 Å². The van der Waals surface area contributed by atoms with Gasteiger partial charge in [-0.15, -0.1) is 12.4 Å². The Morgan fingerprint density at radius 3 is 2.67 bits per heavy atom. The van der Waals surface area contributed by atoms with E-state index in [0.29, 0.717) is 11.5 Å². The van der Waals surface area contributed by atoms with Crippen LogP contribution in [0.5, 0.6) is 0 Å². The quantitative estimate of drug-likeness (QED) is 0.728. The van der Waals surface area contributed by atoms with Crippen molar-refractivity contribution in [2.45, 2.75) is 39.2 Å². The van der Waals surface area contributed by atoms with E-state index in [0.717, 1.165) is 19.6 Å². The first-order valence-electron chi connectivity index (χ1n) is 4.46. The van der Waals surface area contributed by atoms with Crippen molar-refractivity contribution in [2.24, 2.45) is 11.1 Å². The molecule has 3 heteroatoms. The summed E-state index contributed by atoms with van der Waals surface area (Å²) in [7, 11) is 0. The van der Waals surface area contributed by atoms with Crippen LogP contribution >= 0.6 is 12.4 Å². The van der Waals surface area contributed by atoms with Gasteiger partial charge in [-0.05, 0) is 31.2 Å². The van der Waals surface area contributed by atoms with Crippen LogP contribution in [0.3, 0.4) is 0 Å². The van der Waals surface area contributed by atoms with Crippen LogP contribution in [-0.4, -0.2) is 19.3 Å². The molecule has 0 amide bonds. The molecular formula is C9H20ClNO. The molecule has 0 aromatic heterocycles. The van der Waals surface area contributed by atoms with Gasteiger partial charge in [0.15, 0.2) is 0 Å². The first kappa shape index (κ1) is 12.2. The van der Waals surface area contributed by atoms with Gasteiger partial charge in [0.2, 0.25) is 0 Å². The van der Waals surface area contributed by atoms with Gasteiger partial charge in [0, 0.05) is 6.61 Å². The molecule has 0 saturated carbocycles. The van der Waals surface area contributed by atoms with Gasteiger partial charge in [0.05, 0.1) is 6.10 Å². The monoisotopic (exact) mass is 193 g/mol. The van der Waals surface area contributed by atoms with Crippen molar-refractivity contribution in [1.29, 1.82) is 0 Å². The standard InChI is InChI=1S/C9H19NO.ClH/c1-9(2)4-6-11-8(7-9)3-5-10;/h8H,3-7,10H2,1-2H3;1H. The van der Waals surface area contributed by atoms with Crippen LogP contribution in [0, 0.1) is 5.41 Å². The van der Waals surface area contributed by atoms with Crippen molar-refractivity contribution in [3.8, 4) is 0 Å². The van der Waals surface area contributed by atoms with Crippen molar-refractivity contribution in [2.75, 3.05) is 13.2 Å². The first-order valence-corrected chi connectivity index (χ1v) is 4.46. The second kappa shape index (κ2) is 5.05. The molecule has 1 atom stereocenters. The lowest BCUT2D eigenvalue weighted by Gasteiger charge is -2.35. The van der Waals surface area contributed by atoms with Gasteiger partial charge in [0.25, 0.3) is 0 Å². The van der Waals surface area contributed by atoms with E-state index in [9.17, 15) is 0 Å². The summed E-state index contributed by atoms with van der Waals surface area (Å²) in [5.74, 6) is 0. The Morgan fingerprint density at radius 1 is 1.50 bits per heavy atom.